The van der Waals surface area contributed by atoms with E-state index in [0.29, 0.717) is 12.2 Å². The van der Waals surface area contributed by atoms with Crippen molar-refractivity contribution < 1.29 is 26.7 Å². The zero-order valence-electron chi connectivity index (χ0n) is 17.6. The average molecular weight is 481 g/mol. The number of benzene rings is 2. The molecule has 3 aromatic rings. The molecule has 0 fully saturated rings. The summed E-state index contributed by atoms with van der Waals surface area (Å²) in [6.45, 7) is -0.0526. The van der Waals surface area contributed by atoms with Gasteiger partial charge in [0.1, 0.15) is 0 Å². The topological polar surface area (TPSA) is 94.6 Å². The number of rotatable bonds is 9. The van der Waals surface area contributed by atoms with Gasteiger partial charge in [0.15, 0.2) is 6.35 Å². The molecule has 0 aliphatic rings. The molecule has 0 amide bonds. The maximum atomic E-state index is 13.2. The molecular weight excluding hydrogens is 457 g/mol. The lowest BCUT2D eigenvalue weighted by molar-refractivity contribution is -0.138. The van der Waals surface area contributed by atoms with Crippen LogP contribution in [-0.4, -0.2) is 36.2 Å². The Morgan fingerprint density at radius 1 is 1.03 bits per heavy atom. The van der Waals surface area contributed by atoms with E-state index in [2.05, 4.69) is 15.6 Å². The van der Waals surface area contributed by atoms with Crippen molar-refractivity contribution in [1.82, 2.24) is 14.6 Å². The van der Waals surface area contributed by atoms with E-state index in [-0.39, 0.29) is 10.5 Å². The smallest absolute Gasteiger partial charge is 0.361 e. The Kier molecular flexibility index (Phi) is 7.69. The number of nitrogens with zero attached hydrogens (tertiary/aromatic N) is 2. The third kappa shape index (κ3) is 6.51. The predicted molar refractivity (Wildman–Crippen MR) is 117 cm³/mol. The van der Waals surface area contributed by atoms with Crippen LogP contribution in [0.4, 0.5) is 18.9 Å². The van der Waals surface area contributed by atoms with Gasteiger partial charge in [-0.15, -0.1) is 0 Å². The Morgan fingerprint density at radius 2 is 1.67 bits per heavy atom. The highest BCUT2D eigenvalue weighted by Gasteiger charge is 2.34. The fourth-order valence-electron chi connectivity index (χ4n) is 3.09. The first kappa shape index (κ1) is 24.6. The lowest BCUT2D eigenvalue weighted by Crippen LogP contribution is -2.35. The molecule has 1 heterocycles. The molecule has 0 aliphatic heterocycles. The van der Waals surface area contributed by atoms with Crippen LogP contribution >= 0.6 is 0 Å². The molecule has 0 saturated carbocycles. The molecule has 0 spiro atoms. The SMILES string of the molecule is CN(Cc1ccccc1C(F)(F)F)S(=O)(=O)c1ccc(NC(O)NCc2ccncc2)cc1. The summed E-state index contributed by atoms with van der Waals surface area (Å²) in [5, 5.41) is 15.7. The number of nitrogens with one attached hydrogen (secondary N) is 2. The Bertz CT molecular complexity index is 1160. The molecule has 33 heavy (non-hydrogen) atoms. The van der Waals surface area contributed by atoms with E-state index in [1.54, 1.807) is 24.5 Å². The van der Waals surface area contributed by atoms with Crippen LogP contribution in [0.25, 0.3) is 0 Å². The molecule has 1 unspecified atom stereocenters. The maximum absolute atomic E-state index is 13.2. The Morgan fingerprint density at radius 3 is 2.30 bits per heavy atom. The molecule has 2 aromatic carbocycles. The first-order chi connectivity index (χ1) is 15.6. The van der Waals surface area contributed by atoms with Crippen LogP contribution in [0.15, 0.2) is 78.0 Å². The molecule has 0 aliphatic carbocycles. The van der Waals surface area contributed by atoms with Gasteiger partial charge in [-0.1, -0.05) is 18.2 Å². The molecule has 1 atom stereocenters. The second-order valence-electron chi connectivity index (χ2n) is 7.22. The second-order valence-corrected chi connectivity index (χ2v) is 9.27. The van der Waals surface area contributed by atoms with Crippen molar-refractivity contribution in [3.8, 4) is 0 Å². The summed E-state index contributed by atoms with van der Waals surface area (Å²) in [7, 11) is -2.81. The minimum absolute atomic E-state index is 0.0840. The maximum Gasteiger partial charge on any atom is 0.416 e. The summed E-state index contributed by atoms with van der Waals surface area (Å²) in [6, 6.07) is 14.0. The van der Waals surface area contributed by atoms with Crippen molar-refractivity contribution >= 4 is 15.7 Å². The number of aliphatic hydroxyl groups is 1. The van der Waals surface area contributed by atoms with Gasteiger partial charge < -0.3 is 10.4 Å². The minimum Gasteiger partial charge on any atom is -0.361 e. The van der Waals surface area contributed by atoms with Crippen molar-refractivity contribution in [3.63, 3.8) is 0 Å². The third-order valence-corrected chi connectivity index (χ3v) is 6.65. The molecule has 1 aromatic heterocycles. The number of aromatic nitrogens is 1. The van der Waals surface area contributed by atoms with Crippen molar-refractivity contribution in [1.29, 1.82) is 0 Å². The zero-order valence-corrected chi connectivity index (χ0v) is 18.4. The number of hydrogen-bond donors (Lipinski definition) is 3. The summed E-state index contributed by atoms with van der Waals surface area (Å²) in [6.07, 6.45) is -2.41. The van der Waals surface area contributed by atoms with Crippen molar-refractivity contribution in [3.05, 3.63) is 89.7 Å². The average Bonchev–Trinajstić information content (AvgIpc) is 2.78. The largest absolute Gasteiger partial charge is 0.416 e. The first-order valence-electron chi connectivity index (χ1n) is 9.86. The van der Waals surface area contributed by atoms with Gasteiger partial charge in [0.2, 0.25) is 10.0 Å². The van der Waals surface area contributed by atoms with E-state index in [1.165, 1.54) is 49.5 Å². The number of anilines is 1. The van der Waals surface area contributed by atoms with Gasteiger partial charge in [-0.2, -0.15) is 17.5 Å². The fourth-order valence-corrected chi connectivity index (χ4v) is 4.24. The number of sulfonamides is 1. The van der Waals surface area contributed by atoms with Gasteiger partial charge in [-0.3, -0.25) is 10.3 Å². The van der Waals surface area contributed by atoms with Crippen molar-refractivity contribution in [2.45, 2.75) is 30.5 Å². The predicted octanol–water partition coefficient (Wildman–Crippen LogP) is 3.40. The number of halogens is 3. The molecule has 0 bridgehead atoms. The molecule has 11 heteroatoms. The Balaban J connectivity index is 1.64. The molecule has 3 N–H and O–H groups in total. The van der Waals surface area contributed by atoms with Crippen LogP contribution in [0.5, 0.6) is 0 Å². The minimum atomic E-state index is -4.58. The zero-order chi connectivity index (χ0) is 24.1. The van der Waals surface area contributed by atoms with Crippen LogP contribution in [0.3, 0.4) is 0 Å². The van der Waals surface area contributed by atoms with Crippen molar-refractivity contribution in [2.24, 2.45) is 0 Å². The standard InChI is InChI=1S/C22H23F3N4O3S/c1-29(15-17-4-2-3-5-20(17)22(23,24)25)33(31,32)19-8-6-18(7-9-19)28-21(30)27-14-16-10-12-26-13-11-16/h2-13,21,27-28,30H,14-15H2,1H3. The number of hydrogen-bond acceptors (Lipinski definition) is 6. The number of aliphatic hydroxyl groups excluding tert-OH is 1. The fraction of sp³-hybridized carbons (Fsp3) is 0.227. The van der Waals surface area contributed by atoms with Gasteiger partial charge >= 0.3 is 6.18 Å². The van der Waals surface area contributed by atoms with E-state index in [4.69, 9.17) is 0 Å². The molecule has 7 nitrogen and oxygen atoms in total. The van der Waals surface area contributed by atoms with E-state index >= 15 is 0 Å². The van der Waals surface area contributed by atoms with Crippen LogP contribution in [0.2, 0.25) is 0 Å². The van der Waals surface area contributed by atoms with Crippen LogP contribution in [0, 0.1) is 0 Å². The van der Waals surface area contributed by atoms with E-state index in [0.717, 1.165) is 15.9 Å². The lowest BCUT2D eigenvalue weighted by Gasteiger charge is -2.20. The normalized spacial score (nSPS) is 13.2. The van der Waals surface area contributed by atoms with Gasteiger partial charge in [0, 0.05) is 38.2 Å². The van der Waals surface area contributed by atoms with Gasteiger partial charge in [0.25, 0.3) is 0 Å². The number of pyridine rings is 1. The van der Waals surface area contributed by atoms with E-state index in [9.17, 15) is 26.7 Å². The summed E-state index contributed by atoms with van der Waals surface area (Å²) in [4.78, 5) is 3.83. The molecule has 3 rings (SSSR count). The highest BCUT2D eigenvalue weighted by atomic mass is 32.2. The molecule has 0 radical (unpaired) electrons. The number of alkyl halides is 3. The second kappa shape index (κ2) is 10.3. The highest BCUT2D eigenvalue weighted by Crippen LogP contribution is 2.33. The molecule has 0 saturated heterocycles. The third-order valence-electron chi connectivity index (χ3n) is 4.83. The monoisotopic (exact) mass is 480 g/mol. The molecular formula is C22H23F3N4O3S. The van der Waals surface area contributed by atoms with Gasteiger partial charge in [0.05, 0.1) is 10.5 Å². The van der Waals surface area contributed by atoms with Crippen LogP contribution in [0.1, 0.15) is 16.7 Å². The van der Waals surface area contributed by atoms with Gasteiger partial charge in [-0.25, -0.2) is 8.42 Å². The Labute approximate surface area is 190 Å². The van der Waals surface area contributed by atoms with E-state index in [1.807, 2.05) is 0 Å². The quantitative estimate of drug-likeness (QED) is 0.407. The van der Waals surface area contributed by atoms with Crippen molar-refractivity contribution in [2.75, 3.05) is 12.4 Å². The summed E-state index contributed by atoms with van der Waals surface area (Å²) < 4.78 is 66.2. The first-order valence-corrected chi connectivity index (χ1v) is 11.3. The summed E-state index contributed by atoms with van der Waals surface area (Å²) in [5.41, 5.74) is 0.355. The molecule has 176 valence electrons. The van der Waals surface area contributed by atoms with E-state index < -0.39 is 34.7 Å². The highest BCUT2D eigenvalue weighted by molar-refractivity contribution is 7.89. The summed E-state index contributed by atoms with van der Waals surface area (Å²) >= 11 is 0. The van der Waals surface area contributed by atoms with Crippen LogP contribution in [-0.2, 0) is 29.3 Å². The lowest BCUT2D eigenvalue weighted by atomic mass is 10.1. The Hall–Kier alpha value is -2.99. The van der Waals surface area contributed by atoms with Gasteiger partial charge in [-0.05, 0) is 53.6 Å². The summed E-state index contributed by atoms with van der Waals surface area (Å²) in [5.74, 6) is 0. The van der Waals surface area contributed by atoms with Crippen LogP contribution < -0.4 is 10.6 Å².